The minimum atomic E-state index is -0.514. The monoisotopic (exact) mass is 587 g/mol. The molecule has 0 heterocycles. The fourth-order valence-corrected chi connectivity index (χ4v) is 5.11. The lowest BCUT2D eigenvalue weighted by Crippen LogP contribution is -2.50. The topological polar surface area (TPSA) is 103 Å². The van der Waals surface area contributed by atoms with Gasteiger partial charge in [-0.2, -0.15) is 0 Å². The Morgan fingerprint density at radius 2 is 1.63 bits per heavy atom. The highest BCUT2D eigenvalue weighted by atomic mass is 19.1. The van der Waals surface area contributed by atoms with Crippen molar-refractivity contribution in [3.63, 3.8) is 0 Å². The fourth-order valence-electron chi connectivity index (χ4n) is 5.11. The second-order valence-electron chi connectivity index (χ2n) is 12.3. The van der Waals surface area contributed by atoms with Crippen molar-refractivity contribution in [2.24, 2.45) is 29.4 Å². The van der Waals surface area contributed by atoms with Crippen molar-refractivity contribution in [1.29, 1.82) is 0 Å². The Morgan fingerprint density at radius 1 is 0.977 bits per heavy atom. The second kappa shape index (κ2) is 14.0. The largest absolute Gasteiger partial charge is 0.493 e. The number of nitrogens with two attached hydrogens (primary N) is 1. The van der Waals surface area contributed by atoms with E-state index in [4.69, 9.17) is 15.2 Å². The van der Waals surface area contributed by atoms with Gasteiger partial charge in [-0.25, -0.2) is 4.39 Å². The van der Waals surface area contributed by atoms with Gasteiger partial charge in [-0.3, -0.25) is 9.59 Å². The van der Waals surface area contributed by atoms with Crippen LogP contribution in [-0.4, -0.2) is 37.1 Å². The van der Waals surface area contributed by atoms with Crippen molar-refractivity contribution in [1.82, 2.24) is 5.32 Å². The minimum absolute atomic E-state index is 0.223. The predicted octanol–water partition coefficient (Wildman–Crippen LogP) is 5.98. The first kappa shape index (κ1) is 30.5. The summed E-state index contributed by atoms with van der Waals surface area (Å²) >= 11 is 0. The zero-order valence-electron chi connectivity index (χ0n) is 24.9. The molecule has 7 nitrogen and oxygen atoms in total. The van der Waals surface area contributed by atoms with Crippen molar-refractivity contribution in [2.45, 2.75) is 58.0 Å². The van der Waals surface area contributed by atoms with Crippen LogP contribution in [0.5, 0.6) is 11.5 Å². The van der Waals surface area contributed by atoms with E-state index in [1.54, 1.807) is 19.1 Å². The molecule has 3 aromatic carbocycles. The quantitative estimate of drug-likeness (QED) is 0.203. The van der Waals surface area contributed by atoms with E-state index in [0.717, 1.165) is 12.0 Å². The van der Waals surface area contributed by atoms with Crippen molar-refractivity contribution in [2.75, 3.05) is 18.5 Å². The Bertz CT molecular complexity index is 1380. The summed E-state index contributed by atoms with van der Waals surface area (Å²) in [7, 11) is 0. The summed E-state index contributed by atoms with van der Waals surface area (Å²) < 4.78 is 25.4. The number of nitrogens with one attached hydrogen (secondary N) is 2. The first-order valence-electron chi connectivity index (χ1n) is 15.3. The third kappa shape index (κ3) is 9.29. The average Bonchev–Trinajstić information content (AvgIpc) is 3.94. The summed E-state index contributed by atoms with van der Waals surface area (Å²) in [6.07, 6.45) is 4.33. The Labute approximate surface area is 253 Å². The van der Waals surface area contributed by atoms with Crippen LogP contribution in [0, 0.1) is 29.5 Å². The average molecular weight is 588 g/mol. The first-order valence-corrected chi connectivity index (χ1v) is 15.3. The number of rotatable bonds is 15. The zero-order chi connectivity index (χ0) is 30.3. The van der Waals surface area contributed by atoms with Gasteiger partial charge in [-0.1, -0.05) is 44.2 Å². The summed E-state index contributed by atoms with van der Waals surface area (Å²) in [6, 6.07) is 19.9. The van der Waals surface area contributed by atoms with E-state index in [2.05, 4.69) is 17.6 Å². The summed E-state index contributed by atoms with van der Waals surface area (Å²) in [5, 5.41) is 5.97. The number of hydrogen-bond donors (Lipinski definition) is 3. The van der Waals surface area contributed by atoms with Crippen LogP contribution in [-0.2, 0) is 11.2 Å². The molecule has 0 saturated heterocycles. The normalized spacial score (nSPS) is 19.5. The minimum Gasteiger partial charge on any atom is -0.493 e. The molecule has 2 aliphatic rings. The van der Waals surface area contributed by atoms with Gasteiger partial charge in [-0.05, 0) is 91.8 Å². The van der Waals surface area contributed by atoms with Gasteiger partial charge in [0.15, 0.2) is 0 Å². The van der Waals surface area contributed by atoms with Gasteiger partial charge in [-0.15, -0.1) is 0 Å². The lowest BCUT2D eigenvalue weighted by molar-refractivity contribution is -0.119. The number of amides is 2. The van der Waals surface area contributed by atoms with Crippen LogP contribution >= 0.6 is 0 Å². The molecule has 2 amide bonds. The molecule has 2 unspecified atom stereocenters. The van der Waals surface area contributed by atoms with Crippen LogP contribution in [0.4, 0.5) is 10.1 Å². The van der Waals surface area contributed by atoms with Gasteiger partial charge in [0.2, 0.25) is 5.91 Å². The summed E-state index contributed by atoms with van der Waals surface area (Å²) in [5.41, 5.74) is 8.68. The van der Waals surface area contributed by atoms with Crippen molar-refractivity contribution >= 4 is 17.5 Å². The van der Waals surface area contributed by atoms with E-state index in [9.17, 15) is 14.0 Å². The number of hydrogen-bond acceptors (Lipinski definition) is 5. The molecular weight excluding hydrogens is 545 g/mol. The van der Waals surface area contributed by atoms with Gasteiger partial charge in [0.25, 0.3) is 5.91 Å². The molecule has 5 rings (SSSR count). The highest BCUT2D eigenvalue weighted by Crippen LogP contribution is 2.38. The van der Waals surface area contributed by atoms with Crippen LogP contribution in [0.15, 0.2) is 72.8 Å². The maximum absolute atomic E-state index is 13.7. The third-order valence-corrected chi connectivity index (χ3v) is 8.38. The molecule has 0 aromatic heterocycles. The van der Waals surface area contributed by atoms with E-state index >= 15 is 0 Å². The summed E-state index contributed by atoms with van der Waals surface area (Å²) in [6.45, 7) is 5.26. The van der Waals surface area contributed by atoms with Crippen LogP contribution in [0.25, 0.3) is 0 Å². The Kier molecular flexibility index (Phi) is 9.97. The van der Waals surface area contributed by atoms with Crippen molar-refractivity contribution < 1.29 is 23.5 Å². The van der Waals surface area contributed by atoms with E-state index in [0.29, 0.717) is 66.6 Å². The maximum Gasteiger partial charge on any atom is 0.251 e. The van der Waals surface area contributed by atoms with Crippen LogP contribution in [0.2, 0.25) is 0 Å². The van der Waals surface area contributed by atoms with Gasteiger partial charge in [0, 0.05) is 35.3 Å². The summed E-state index contributed by atoms with van der Waals surface area (Å²) in [5.74, 6) is 1.70. The summed E-state index contributed by atoms with van der Waals surface area (Å²) in [4.78, 5) is 26.6. The molecule has 228 valence electrons. The molecule has 0 bridgehead atoms. The molecule has 3 aromatic rings. The lowest BCUT2D eigenvalue weighted by Gasteiger charge is -2.27. The highest BCUT2D eigenvalue weighted by Gasteiger charge is 2.33. The zero-order valence-corrected chi connectivity index (χ0v) is 24.9. The molecule has 8 heteroatoms. The fraction of sp³-hybridized carbons (Fsp3) is 0.429. The predicted molar refractivity (Wildman–Crippen MR) is 166 cm³/mol. The van der Waals surface area contributed by atoms with E-state index in [-0.39, 0.29) is 17.6 Å². The SMILES string of the molecule is CC1CC1COc1cc(OCC2CC2)cc(C(=O)N[C@@H](Cc2ccccc2)[C@@H](N)C[C@@H](C)C(=O)Nc2ccc(F)cc2)c1. The maximum atomic E-state index is 13.7. The molecule has 5 atom stereocenters. The van der Waals surface area contributed by atoms with Crippen LogP contribution in [0.1, 0.15) is 55.5 Å². The Morgan fingerprint density at radius 3 is 2.26 bits per heavy atom. The number of carbonyl (C=O) groups excluding carboxylic acids is 2. The first-order chi connectivity index (χ1) is 20.7. The van der Waals surface area contributed by atoms with E-state index in [1.807, 2.05) is 36.4 Å². The molecule has 2 saturated carbocycles. The van der Waals surface area contributed by atoms with Crippen LogP contribution in [0.3, 0.4) is 0 Å². The smallest absolute Gasteiger partial charge is 0.251 e. The lowest BCUT2D eigenvalue weighted by atomic mass is 9.92. The standard InChI is InChI=1S/C35H42FN3O4/c1-22-14-27(22)21-43-31-18-26(17-30(19-31)42-20-25-8-9-25)35(41)39-33(16-24-6-4-3-5-7-24)32(37)15-23(2)34(40)38-29-12-10-28(36)11-13-29/h3-7,10-13,17-19,22-23,25,27,32-33H,8-9,14-16,20-21,37H2,1-2H3,(H,38,40)(H,39,41)/t22?,23-,27?,32+,33+/m1/s1. The molecule has 4 N–H and O–H groups in total. The molecular formula is C35H42FN3O4. The number of benzene rings is 3. The number of carbonyl (C=O) groups is 2. The van der Waals surface area contributed by atoms with Crippen LogP contribution < -0.4 is 25.8 Å². The van der Waals surface area contributed by atoms with E-state index in [1.165, 1.54) is 37.1 Å². The Hall–Kier alpha value is -3.91. The van der Waals surface area contributed by atoms with Crippen molar-refractivity contribution in [3.05, 3.63) is 89.7 Å². The van der Waals surface area contributed by atoms with Gasteiger partial charge < -0.3 is 25.8 Å². The molecule has 2 aliphatic carbocycles. The molecule has 43 heavy (non-hydrogen) atoms. The second-order valence-corrected chi connectivity index (χ2v) is 12.3. The number of halogens is 1. The van der Waals surface area contributed by atoms with Gasteiger partial charge in [0.1, 0.15) is 17.3 Å². The number of anilines is 1. The highest BCUT2D eigenvalue weighted by molar-refractivity contribution is 5.95. The molecule has 0 spiro atoms. The molecule has 2 fully saturated rings. The molecule has 0 radical (unpaired) electrons. The van der Waals surface area contributed by atoms with Gasteiger partial charge in [0.05, 0.1) is 13.2 Å². The third-order valence-electron chi connectivity index (χ3n) is 8.38. The molecule has 0 aliphatic heterocycles. The van der Waals surface area contributed by atoms with Crippen molar-refractivity contribution in [3.8, 4) is 11.5 Å². The number of ether oxygens (including phenoxy) is 2. The van der Waals surface area contributed by atoms with E-state index < -0.39 is 18.0 Å². The Balaban J connectivity index is 1.28. The van der Waals surface area contributed by atoms with Gasteiger partial charge >= 0.3 is 0 Å².